The first-order valence-corrected chi connectivity index (χ1v) is 12.7. The van der Waals surface area contributed by atoms with Crippen LogP contribution in [0.1, 0.15) is 11.4 Å². The number of H-pyrrole nitrogens is 2. The summed E-state index contributed by atoms with van der Waals surface area (Å²) in [7, 11) is -3.57. The van der Waals surface area contributed by atoms with Crippen molar-refractivity contribution in [2.24, 2.45) is 0 Å². The molecule has 35 heavy (non-hydrogen) atoms. The summed E-state index contributed by atoms with van der Waals surface area (Å²) in [4.78, 5) is 16.4. The Morgan fingerprint density at radius 3 is 1.74 bits per heavy atom. The molecule has 0 unspecified atom stereocenters. The Hall–Kier alpha value is -4.23. The van der Waals surface area contributed by atoms with Crippen molar-refractivity contribution < 1.29 is 8.42 Å². The van der Waals surface area contributed by atoms with Gasteiger partial charge in [0.1, 0.15) is 11.6 Å². The molecule has 172 valence electrons. The largest absolute Gasteiger partial charge is 0.342 e. The number of aromatic nitrogens is 4. The fourth-order valence-corrected chi connectivity index (χ4v) is 5.55. The summed E-state index contributed by atoms with van der Waals surface area (Å²) in [5.41, 5.74) is 7.71. The van der Waals surface area contributed by atoms with E-state index in [-0.39, 0.29) is 9.79 Å². The number of sulfone groups is 1. The Labute approximate surface area is 202 Å². The molecule has 0 aliphatic rings. The van der Waals surface area contributed by atoms with E-state index in [9.17, 15) is 8.42 Å². The molecule has 0 radical (unpaired) electrons. The molecule has 0 aliphatic carbocycles. The summed E-state index contributed by atoms with van der Waals surface area (Å²) in [6.45, 7) is 3.88. The van der Waals surface area contributed by atoms with Gasteiger partial charge in [-0.1, -0.05) is 29.8 Å². The number of nitrogens with one attached hydrogen (secondary N) is 2. The summed E-state index contributed by atoms with van der Waals surface area (Å²) < 4.78 is 25.9. The maximum Gasteiger partial charge on any atom is 0.206 e. The molecule has 0 saturated heterocycles. The third kappa shape index (κ3) is 3.80. The Kier molecular flexibility index (Phi) is 4.82. The number of hydrogen-bond donors (Lipinski definition) is 2. The molecular weight excluding hydrogens is 456 g/mol. The molecule has 0 atom stereocenters. The van der Waals surface area contributed by atoms with Crippen molar-refractivity contribution in [2.75, 3.05) is 0 Å². The highest BCUT2D eigenvalue weighted by molar-refractivity contribution is 7.91. The van der Waals surface area contributed by atoms with Gasteiger partial charge in [-0.25, -0.2) is 18.4 Å². The summed E-state index contributed by atoms with van der Waals surface area (Å²) in [5.74, 6) is 1.58. The van der Waals surface area contributed by atoms with Crippen LogP contribution in [0, 0.1) is 13.8 Å². The van der Waals surface area contributed by atoms with Gasteiger partial charge < -0.3 is 9.97 Å². The number of nitrogens with zero attached hydrogens (tertiary/aromatic N) is 2. The van der Waals surface area contributed by atoms with Gasteiger partial charge in [0.2, 0.25) is 9.84 Å². The lowest BCUT2D eigenvalue weighted by Crippen LogP contribution is -2.01. The minimum Gasteiger partial charge on any atom is -0.342 e. The highest BCUT2D eigenvalue weighted by atomic mass is 32.2. The van der Waals surface area contributed by atoms with E-state index in [1.165, 1.54) is 0 Å². The van der Waals surface area contributed by atoms with Crippen LogP contribution in [0.2, 0.25) is 0 Å². The second-order valence-corrected chi connectivity index (χ2v) is 10.7. The maximum atomic E-state index is 13.0. The van der Waals surface area contributed by atoms with Crippen molar-refractivity contribution in [2.45, 2.75) is 23.6 Å². The summed E-state index contributed by atoms with van der Waals surface area (Å²) in [6.07, 6.45) is 0. The number of benzene rings is 4. The predicted molar refractivity (Wildman–Crippen MR) is 138 cm³/mol. The smallest absolute Gasteiger partial charge is 0.206 e. The van der Waals surface area contributed by atoms with Gasteiger partial charge in [-0.2, -0.15) is 0 Å². The Balaban J connectivity index is 1.32. The van der Waals surface area contributed by atoms with Crippen molar-refractivity contribution in [1.82, 2.24) is 19.9 Å². The fourth-order valence-electron chi connectivity index (χ4n) is 4.29. The van der Waals surface area contributed by atoms with Gasteiger partial charge >= 0.3 is 0 Å². The second-order valence-electron chi connectivity index (χ2n) is 8.71. The van der Waals surface area contributed by atoms with Crippen LogP contribution < -0.4 is 0 Å². The Bertz CT molecular complexity index is 1810. The standard InChI is InChI=1S/C28H22N4O2S/c1-17-3-9-22(10-4-17)35(33,34)23-11-5-19(6-12-23)28-31-25-14-8-21(16-27(25)32-28)20-7-13-24-26(15-20)30-18(2)29-24/h3-16H,1-2H3,(H,29,30)(H,31,32). The van der Waals surface area contributed by atoms with E-state index in [2.05, 4.69) is 39.2 Å². The third-order valence-electron chi connectivity index (χ3n) is 6.18. The molecule has 6 nitrogen and oxygen atoms in total. The monoisotopic (exact) mass is 478 g/mol. The number of aromatic amines is 2. The van der Waals surface area contributed by atoms with Gasteiger partial charge in [-0.15, -0.1) is 0 Å². The van der Waals surface area contributed by atoms with Crippen LogP contribution in [0.3, 0.4) is 0 Å². The predicted octanol–water partition coefficient (Wildman–Crippen LogP) is 6.22. The van der Waals surface area contributed by atoms with E-state index in [0.29, 0.717) is 5.82 Å². The number of aryl methyl sites for hydroxylation is 2. The highest BCUT2D eigenvalue weighted by Crippen LogP contribution is 2.29. The molecule has 0 bridgehead atoms. The molecular formula is C28H22N4O2S. The van der Waals surface area contributed by atoms with E-state index >= 15 is 0 Å². The zero-order chi connectivity index (χ0) is 24.2. The van der Waals surface area contributed by atoms with Crippen LogP contribution in [-0.2, 0) is 9.84 Å². The average molecular weight is 479 g/mol. The average Bonchev–Trinajstić information content (AvgIpc) is 3.46. The molecule has 6 rings (SSSR count). The van der Waals surface area contributed by atoms with E-state index in [4.69, 9.17) is 4.98 Å². The minimum atomic E-state index is -3.57. The first-order valence-electron chi connectivity index (χ1n) is 11.3. The van der Waals surface area contributed by atoms with Crippen LogP contribution in [0.15, 0.2) is 94.7 Å². The number of hydrogen-bond acceptors (Lipinski definition) is 4. The lowest BCUT2D eigenvalue weighted by Gasteiger charge is -2.06. The SMILES string of the molecule is Cc1ccc(S(=O)(=O)c2ccc(-c3nc4ccc(-c5ccc6nc(C)[nH]c6c5)cc4[nH]3)cc2)cc1. The number of fused-ring (bicyclic) bond motifs is 2. The van der Waals surface area contributed by atoms with Gasteiger partial charge in [-0.05, 0) is 85.6 Å². The molecule has 0 fully saturated rings. The highest BCUT2D eigenvalue weighted by Gasteiger charge is 2.18. The van der Waals surface area contributed by atoms with Crippen molar-refractivity contribution in [3.63, 3.8) is 0 Å². The van der Waals surface area contributed by atoms with Gasteiger partial charge in [0.05, 0.1) is 31.9 Å². The van der Waals surface area contributed by atoms with Crippen molar-refractivity contribution in [1.29, 1.82) is 0 Å². The molecule has 2 aromatic heterocycles. The Morgan fingerprint density at radius 2 is 1.11 bits per heavy atom. The van der Waals surface area contributed by atoms with Crippen molar-refractivity contribution in [3.8, 4) is 22.5 Å². The molecule has 7 heteroatoms. The summed E-state index contributed by atoms with van der Waals surface area (Å²) in [5, 5.41) is 0. The molecule has 0 amide bonds. The maximum absolute atomic E-state index is 13.0. The van der Waals surface area contributed by atoms with Crippen LogP contribution >= 0.6 is 0 Å². The van der Waals surface area contributed by atoms with Crippen molar-refractivity contribution >= 4 is 31.9 Å². The van der Waals surface area contributed by atoms with Crippen LogP contribution in [0.5, 0.6) is 0 Å². The summed E-state index contributed by atoms with van der Waals surface area (Å²) in [6, 6.07) is 26.0. The van der Waals surface area contributed by atoms with E-state index < -0.39 is 9.84 Å². The normalized spacial score (nSPS) is 11.9. The van der Waals surface area contributed by atoms with Gasteiger partial charge in [0.15, 0.2) is 0 Å². The van der Waals surface area contributed by atoms with Gasteiger partial charge in [0, 0.05) is 5.56 Å². The molecule has 2 heterocycles. The molecule has 0 aliphatic heterocycles. The first-order chi connectivity index (χ1) is 16.9. The second kappa shape index (κ2) is 7.92. The van der Waals surface area contributed by atoms with Crippen LogP contribution in [-0.4, -0.2) is 28.4 Å². The zero-order valence-electron chi connectivity index (χ0n) is 19.2. The lowest BCUT2D eigenvalue weighted by molar-refractivity contribution is 0.596. The first kappa shape index (κ1) is 21.3. The molecule has 4 aromatic carbocycles. The lowest BCUT2D eigenvalue weighted by atomic mass is 10.0. The quantitative estimate of drug-likeness (QED) is 0.314. The third-order valence-corrected chi connectivity index (χ3v) is 7.97. The van der Waals surface area contributed by atoms with E-state index in [1.807, 2.05) is 26.0 Å². The van der Waals surface area contributed by atoms with E-state index in [0.717, 1.165) is 50.1 Å². The summed E-state index contributed by atoms with van der Waals surface area (Å²) >= 11 is 0. The van der Waals surface area contributed by atoms with Gasteiger partial charge in [-0.3, -0.25) is 0 Å². The molecule has 2 N–H and O–H groups in total. The number of rotatable bonds is 4. The molecule has 6 aromatic rings. The molecule has 0 spiro atoms. The topological polar surface area (TPSA) is 91.5 Å². The minimum absolute atomic E-state index is 0.257. The van der Waals surface area contributed by atoms with Crippen molar-refractivity contribution in [3.05, 3.63) is 96.3 Å². The van der Waals surface area contributed by atoms with Crippen LogP contribution in [0.25, 0.3) is 44.6 Å². The zero-order valence-corrected chi connectivity index (χ0v) is 20.0. The van der Waals surface area contributed by atoms with Gasteiger partial charge in [0.25, 0.3) is 0 Å². The van der Waals surface area contributed by atoms with Crippen LogP contribution in [0.4, 0.5) is 0 Å². The fraction of sp³-hybridized carbons (Fsp3) is 0.0714. The number of imidazole rings is 2. The molecule has 0 saturated carbocycles. The van der Waals surface area contributed by atoms with E-state index in [1.54, 1.807) is 48.5 Å². The Morgan fingerprint density at radius 1 is 0.600 bits per heavy atom.